The van der Waals surface area contributed by atoms with Gasteiger partial charge in [0.2, 0.25) is 0 Å². The van der Waals surface area contributed by atoms with Gasteiger partial charge in [-0.1, -0.05) is 179 Å². The first-order valence-corrected chi connectivity index (χ1v) is 27.4. The Bertz CT molecular complexity index is 2060. The summed E-state index contributed by atoms with van der Waals surface area (Å²) in [4.78, 5) is 0. The maximum absolute atomic E-state index is 6.66. The summed E-state index contributed by atoms with van der Waals surface area (Å²) in [6.45, 7) is 47.0. The molecular formula is C58H86OSi. The van der Waals surface area contributed by atoms with Crippen molar-refractivity contribution in [1.82, 2.24) is 0 Å². The molecule has 0 spiro atoms. The quantitative estimate of drug-likeness (QED) is 0.273. The molecule has 0 N–H and O–H groups in total. The van der Waals surface area contributed by atoms with E-state index in [0.717, 1.165) is 11.3 Å². The summed E-state index contributed by atoms with van der Waals surface area (Å²) in [5.74, 6) is 4.77. The molecule has 3 fully saturated rings. The van der Waals surface area contributed by atoms with Gasteiger partial charge in [0.1, 0.15) is 5.76 Å². The fraction of sp³-hybridized carbons (Fsp3) is 0.655. The number of hydrogen-bond acceptors (Lipinski definition) is 1. The van der Waals surface area contributed by atoms with Gasteiger partial charge in [-0.3, -0.25) is 0 Å². The van der Waals surface area contributed by atoms with E-state index in [2.05, 4.69) is 179 Å². The molecule has 0 aliphatic heterocycles. The molecule has 0 aromatic heterocycles. The normalized spacial score (nSPS) is 29.1. The highest BCUT2D eigenvalue weighted by Gasteiger charge is 2.59. The van der Waals surface area contributed by atoms with Crippen LogP contribution in [-0.2, 0) is 26.4 Å². The van der Waals surface area contributed by atoms with E-state index >= 15 is 0 Å². The molecule has 0 saturated heterocycles. The Hall–Kier alpha value is -2.58. The van der Waals surface area contributed by atoms with Crippen LogP contribution in [0.15, 0.2) is 71.0 Å². The third kappa shape index (κ3) is 7.98. The highest BCUT2D eigenvalue weighted by atomic mass is 28.3. The van der Waals surface area contributed by atoms with Gasteiger partial charge in [-0.15, -0.1) is 0 Å². The van der Waals surface area contributed by atoms with Crippen LogP contribution in [-0.4, -0.2) is 15.2 Å². The summed E-state index contributed by atoms with van der Waals surface area (Å²) >= 11 is 0. The molecule has 1 nitrogen and oxygen atoms in total. The van der Waals surface area contributed by atoms with E-state index in [0.29, 0.717) is 41.0 Å². The monoisotopic (exact) mass is 827 g/mol. The zero-order valence-electron chi connectivity index (χ0n) is 42.2. The zero-order valence-corrected chi connectivity index (χ0v) is 43.2. The van der Waals surface area contributed by atoms with Crippen molar-refractivity contribution in [3.8, 4) is 0 Å². The van der Waals surface area contributed by atoms with Crippen LogP contribution >= 0.6 is 0 Å². The van der Waals surface area contributed by atoms with Crippen LogP contribution in [0.2, 0.25) is 24.2 Å². The van der Waals surface area contributed by atoms with Gasteiger partial charge in [0, 0.05) is 5.57 Å². The standard InChI is InChI=1S/C58H86OSi/c1-34-24-44-46(30-36-22-21-23-43(36)49(44)37-26-39(54(3,4)5)31-40(27-37)55(6,7)8)52(34)60(19,20)53-35(2)25-45-47(53)33-48(58(15,16)17)51(59-18)50(45)38-28-41(56(9,10)11)32-42(29-38)57(12,13)14/h26-35,44-47,52-53H,21-25H2,1-20H3. The zero-order chi connectivity index (χ0) is 44.4. The number of ether oxygens (including phenoxy) is 1. The molecule has 0 amide bonds. The van der Waals surface area contributed by atoms with E-state index in [1.54, 1.807) is 22.3 Å². The van der Waals surface area contributed by atoms with E-state index in [1.165, 1.54) is 71.1 Å². The van der Waals surface area contributed by atoms with Gasteiger partial charge < -0.3 is 4.74 Å². The molecule has 328 valence electrons. The molecule has 2 aromatic carbocycles. The van der Waals surface area contributed by atoms with E-state index in [9.17, 15) is 0 Å². The van der Waals surface area contributed by atoms with Gasteiger partial charge in [-0.25, -0.2) is 0 Å². The number of hydrogen-bond donors (Lipinski definition) is 0. The van der Waals surface area contributed by atoms with E-state index in [-0.39, 0.29) is 27.1 Å². The summed E-state index contributed by atoms with van der Waals surface area (Å²) in [7, 11) is 0.00322. The van der Waals surface area contributed by atoms with Crippen molar-refractivity contribution in [2.24, 2.45) is 40.9 Å². The Kier molecular flexibility index (Phi) is 11.4. The number of fused-ring (bicyclic) bond motifs is 3. The van der Waals surface area contributed by atoms with Crippen molar-refractivity contribution < 1.29 is 4.74 Å². The van der Waals surface area contributed by atoms with Crippen LogP contribution in [0.25, 0.3) is 11.1 Å². The first kappa shape index (κ1) is 45.4. The molecule has 5 aliphatic carbocycles. The maximum Gasteiger partial charge on any atom is 0.126 e. The molecule has 2 aromatic rings. The molecule has 0 bridgehead atoms. The number of rotatable bonds is 5. The fourth-order valence-electron chi connectivity index (χ4n) is 13.5. The van der Waals surface area contributed by atoms with Gasteiger partial charge in [0.05, 0.1) is 15.2 Å². The molecular weight excluding hydrogens is 741 g/mol. The topological polar surface area (TPSA) is 9.23 Å². The van der Waals surface area contributed by atoms with Gasteiger partial charge in [-0.2, -0.15) is 0 Å². The highest BCUT2D eigenvalue weighted by Crippen LogP contribution is 2.67. The Labute approximate surface area is 370 Å². The van der Waals surface area contributed by atoms with Crippen LogP contribution in [0.4, 0.5) is 0 Å². The van der Waals surface area contributed by atoms with Crippen molar-refractivity contribution in [3.05, 3.63) is 104 Å². The van der Waals surface area contributed by atoms with Crippen LogP contribution in [0.3, 0.4) is 0 Å². The lowest BCUT2D eigenvalue weighted by Gasteiger charge is -2.47. The Morgan fingerprint density at radius 3 is 1.32 bits per heavy atom. The van der Waals surface area contributed by atoms with Gasteiger partial charge in [-0.05, 0) is 161 Å². The number of benzene rings is 2. The Balaban J connectivity index is 1.35. The smallest absolute Gasteiger partial charge is 0.126 e. The Morgan fingerprint density at radius 2 is 0.917 bits per heavy atom. The van der Waals surface area contributed by atoms with Crippen LogP contribution in [0.5, 0.6) is 0 Å². The van der Waals surface area contributed by atoms with Crippen molar-refractivity contribution in [1.29, 1.82) is 0 Å². The van der Waals surface area contributed by atoms with Crippen molar-refractivity contribution in [3.63, 3.8) is 0 Å². The summed E-state index contributed by atoms with van der Waals surface area (Å²) < 4.78 is 6.66. The fourth-order valence-corrected chi connectivity index (χ4v) is 19.8. The molecule has 5 aliphatic rings. The predicted octanol–water partition coefficient (Wildman–Crippen LogP) is 16.8. The van der Waals surface area contributed by atoms with Crippen molar-refractivity contribution in [2.75, 3.05) is 7.11 Å². The molecule has 7 rings (SSSR count). The number of allylic oxidation sites excluding steroid dienone is 7. The average Bonchev–Trinajstić information content (AvgIpc) is 3.81. The number of methoxy groups -OCH3 is 1. The molecule has 8 unspecified atom stereocenters. The average molecular weight is 827 g/mol. The Morgan fingerprint density at radius 1 is 0.517 bits per heavy atom. The summed E-state index contributed by atoms with van der Waals surface area (Å²) in [6.07, 6.45) is 12.1. The maximum atomic E-state index is 6.66. The first-order chi connectivity index (χ1) is 27.4. The van der Waals surface area contributed by atoms with E-state index in [4.69, 9.17) is 4.74 Å². The summed E-state index contributed by atoms with van der Waals surface area (Å²) in [5, 5.41) is 0. The third-order valence-corrected chi connectivity index (χ3v) is 21.8. The largest absolute Gasteiger partial charge is 0.496 e. The lowest BCUT2D eigenvalue weighted by atomic mass is 9.70. The lowest BCUT2D eigenvalue weighted by molar-refractivity contribution is 0.274. The minimum atomic E-state index is -1.94. The predicted molar refractivity (Wildman–Crippen MR) is 265 cm³/mol. The SMILES string of the molecule is COC1=C(c2cc(C(C)(C)C)cc(C(C)(C)C)c2)C2CC(C)C([Si](C)(C)C3C(C)CC4C(c5cc(C(C)(C)C)cc(C(C)(C)C)c5)=C5CCCC5=CC43)C2C=C1C(C)(C)C. The highest BCUT2D eigenvalue weighted by molar-refractivity contribution is 6.80. The molecule has 2 heteroatoms. The van der Waals surface area contributed by atoms with Gasteiger partial charge in [0.15, 0.2) is 0 Å². The van der Waals surface area contributed by atoms with Crippen molar-refractivity contribution >= 4 is 19.2 Å². The van der Waals surface area contributed by atoms with Crippen LogP contribution in [0.1, 0.15) is 183 Å². The van der Waals surface area contributed by atoms with E-state index in [1.807, 2.05) is 7.11 Å². The van der Waals surface area contributed by atoms with Gasteiger partial charge >= 0.3 is 0 Å². The molecule has 60 heavy (non-hydrogen) atoms. The second kappa shape index (κ2) is 15.0. The second-order valence-electron chi connectivity index (χ2n) is 26.5. The van der Waals surface area contributed by atoms with Crippen molar-refractivity contribution in [2.45, 2.75) is 196 Å². The minimum Gasteiger partial charge on any atom is -0.496 e. The second-order valence-corrected chi connectivity index (χ2v) is 31.5. The lowest BCUT2D eigenvalue weighted by Crippen LogP contribution is -2.46. The molecule has 3 saturated carbocycles. The molecule has 0 heterocycles. The molecule has 0 radical (unpaired) electrons. The van der Waals surface area contributed by atoms with Gasteiger partial charge in [0.25, 0.3) is 0 Å². The summed E-state index contributed by atoms with van der Waals surface area (Å²) in [5.41, 5.74) is 18.7. The van der Waals surface area contributed by atoms with E-state index < -0.39 is 8.07 Å². The summed E-state index contributed by atoms with van der Waals surface area (Å²) in [6, 6.07) is 15.4. The van der Waals surface area contributed by atoms with Crippen LogP contribution < -0.4 is 0 Å². The molecule has 8 atom stereocenters. The minimum absolute atomic E-state index is 0.0241. The third-order valence-electron chi connectivity index (χ3n) is 16.5. The first-order valence-electron chi connectivity index (χ1n) is 24.2. The van der Waals surface area contributed by atoms with Crippen LogP contribution in [0, 0.1) is 40.9 Å².